The van der Waals surface area contributed by atoms with Crippen molar-refractivity contribution in [2.75, 3.05) is 18.0 Å². The second-order valence-corrected chi connectivity index (χ2v) is 4.81. The van der Waals surface area contributed by atoms with Gasteiger partial charge in [-0.3, -0.25) is 4.68 Å². The van der Waals surface area contributed by atoms with Crippen LogP contribution in [0.25, 0.3) is 11.4 Å². The second-order valence-electron chi connectivity index (χ2n) is 4.81. The Bertz CT molecular complexity index is 564. The van der Waals surface area contributed by atoms with Crippen LogP contribution in [0.15, 0.2) is 24.5 Å². The molecular formula is C13H18N6. The van der Waals surface area contributed by atoms with Crippen molar-refractivity contribution in [2.45, 2.75) is 18.9 Å². The number of anilines is 1. The lowest BCUT2D eigenvalue weighted by atomic mass is 10.2. The molecular weight excluding hydrogens is 240 g/mol. The third-order valence-electron chi connectivity index (χ3n) is 3.63. The van der Waals surface area contributed by atoms with Gasteiger partial charge in [-0.25, -0.2) is 9.97 Å². The summed E-state index contributed by atoms with van der Waals surface area (Å²) in [5.74, 6) is 0.770. The first-order valence-corrected chi connectivity index (χ1v) is 6.57. The van der Waals surface area contributed by atoms with Crippen molar-refractivity contribution >= 4 is 5.95 Å². The lowest BCUT2D eigenvalue weighted by molar-refractivity contribution is 0.664. The Morgan fingerprint density at radius 2 is 2.26 bits per heavy atom. The maximum absolute atomic E-state index is 5.81. The van der Waals surface area contributed by atoms with E-state index < -0.39 is 0 Å². The Hall–Kier alpha value is -1.95. The average molecular weight is 258 g/mol. The fourth-order valence-electron chi connectivity index (χ4n) is 2.60. The van der Waals surface area contributed by atoms with Crippen LogP contribution >= 0.6 is 0 Å². The number of hydrogen-bond acceptors (Lipinski definition) is 5. The lowest BCUT2D eigenvalue weighted by Gasteiger charge is -2.23. The second kappa shape index (κ2) is 4.97. The normalized spacial score (nSPS) is 19.1. The van der Waals surface area contributed by atoms with Gasteiger partial charge in [0.15, 0.2) is 0 Å². The summed E-state index contributed by atoms with van der Waals surface area (Å²) in [7, 11) is 1.91. The summed E-state index contributed by atoms with van der Waals surface area (Å²) in [4.78, 5) is 11.3. The molecule has 1 atom stereocenters. The molecule has 6 heteroatoms. The first kappa shape index (κ1) is 12.1. The van der Waals surface area contributed by atoms with Crippen molar-refractivity contribution in [3.63, 3.8) is 0 Å². The van der Waals surface area contributed by atoms with E-state index in [1.807, 2.05) is 23.9 Å². The van der Waals surface area contributed by atoms with Crippen molar-refractivity contribution < 1.29 is 0 Å². The van der Waals surface area contributed by atoms with E-state index in [0.717, 1.165) is 36.7 Å². The molecule has 6 nitrogen and oxygen atoms in total. The standard InChI is InChI=1S/C13H18N6/c1-18-12(5-7-16-18)11-4-6-15-13(17-11)19-8-2-3-10(19)9-14/h4-7,10H,2-3,8-9,14H2,1H3. The minimum absolute atomic E-state index is 0.363. The van der Waals surface area contributed by atoms with Gasteiger partial charge in [-0.1, -0.05) is 0 Å². The smallest absolute Gasteiger partial charge is 0.226 e. The van der Waals surface area contributed by atoms with Crippen molar-refractivity contribution in [2.24, 2.45) is 12.8 Å². The minimum Gasteiger partial charge on any atom is -0.337 e. The third-order valence-corrected chi connectivity index (χ3v) is 3.63. The molecule has 1 aliphatic rings. The van der Waals surface area contributed by atoms with Crippen LogP contribution in [-0.4, -0.2) is 38.9 Å². The molecule has 0 aliphatic carbocycles. The molecule has 3 rings (SSSR count). The van der Waals surface area contributed by atoms with Gasteiger partial charge < -0.3 is 10.6 Å². The molecule has 19 heavy (non-hydrogen) atoms. The largest absolute Gasteiger partial charge is 0.337 e. The van der Waals surface area contributed by atoms with Gasteiger partial charge in [0.25, 0.3) is 0 Å². The van der Waals surface area contributed by atoms with E-state index in [-0.39, 0.29) is 0 Å². The number of aromatic nitrogens is 4. The molecule has 1 saturated heterocycles. The Balaban J connectivity index is 1.94. The highest BCUT2D eigenvalue weighted by atomic mass is 15.3. The molecule has 0 amide bonds. The number of hydrogen-bond donors (Lipinski definition) is 1. The highest BCUT2D eigenvalue weighted by Crippen LogP contribution is 2.24. The molecule has 0 saturated carbocycles. The van der Waals surface area contributed by atoms with Crippen LogP contribution in [0.1, 0.15) is 12.8 Å². The number of nitrogens with two attached hydrogens (primary N) is 1. The van der Waals surface area contributed by atoms with Crippen molar-refractivity contribution in [3.8, 4) is 11.4 Å². The van der Waals surface area contributed by atoms with Gasteiger partial charge in [-0.2, -0.15) is 5.10 Å². The van der Waals surface area contributed by atoms with Crippen molar-refractivity contribution in [3.05, 3.63) is 24.5 Å². The molecule has 2 aromatic heterocycles. The van der Waals surface area contributed by atoms with Crippen LogP contribution in [0.2, 0.25) is 0 Å². The van der Waals surface area contributed by atoms with Crippen molar-refractivity contribution in [1.29, 1.82) is 0 Å². The summed E-state index contributed by atoms with van der Waals surface area (Å²) < 4.78 is 1.82. The number of aryl methyl sites for hydroxylation is 1. The summed E-state index contributed by atoms with van der Waals surface area (Å²) in [6.45, 7) is 1.63. The van der Waals surface area contributed by atoms with Gasteiger partial charge in [0.05, 0.1) is 11.4 Å². The van der Waals surface area contributed by atoms with E-state index in [9.17, 15) is 0 Å². The molecule has 0 radical (unpaired) electrons. The molecule has 2 aromatic rings. The Kier molecular flexibility index (Phi) is 3.16. The minimum atomic E-state index is 0.363. The zero-order valence-electron chi connectivity index (χ0n) is 11.0. The fourth-order valence-corrected chi connectivity index (χ4v) is 2.60. The Labute approximate surface area is 112 Å². The molecule has 0 bridgehead atoms. The van der Waals surface area contributed by atoms with Gasteiger partial charge >= 0.3 is 0 Å². The highest BCUT2D eigenvalue weighted by Gasteiger charge is 2.25. The summed E-state index contributed by atoms with van der Waals surface area (Å²) in [6, 6.07) is 4.23. The summed E-state index contributed by atoms with van der Waals surface area (Å²) >= 11 is 0. The highest BCUT2D eigenvalue weighted by molar-refractivity contribution is 5.55. The molecule has 2 N–H and O–H groups in total. The Morgan fingerprint density at radius 1 is 1.37 bits per heavy atom. The first-order chi connectivity index (χ1) is 9.29. The molecule has 100 valence electrons. The van der Waals surface area contributed by atoms with E-state index in [0.29, 0.717) is 12.6 Å². The zero-order chi connectivity index (χ0) is 13.2. The van der Waals surface area contributed by atoms with E-state index >= 15 is 0 Å². The first-order valence-electron chi connectivity index (χ1n) is 6.57. The summed E-state index contributed by atoms with van der Waals surface area (Å²) in [5, 5.41) is 4.17. The van der Waals surface area contributed by atoms with Crippen LogP contribution in [0.4, 0.5) is 5.95 Å². The van der Waals surface area contributed by atoms with E-state index in [1.165, 1.54) is 0 Å². The average Bonchev–Trinajstić information content (AvgIpc) is 3.07. The van der Waals surface area contributed by atoms with Gasteiger partial charge in [-0.05, 0) is 25.0 Å². The van der Waals surface area contributed by atoms with Gasteiger partial charge in [0.1, 0.15) is 0 Å². The van der Waals surface area contributed by atoms with Crippen LogP contribution in [0.3, 0.4) is 0 Å². The van der Waals surface area contributed by atoms with Gasteiger partial charge in [-0.15, -0.1) is 0 Å². The van der Waals surface area contributed by atoms with Crippen LogP contribution in [-0.2, 0) is 7.05 Å². The monoisotopic (exact) mass is 258 g/mol. The molecule has 1 unspecified atom stereocenters. The maximum Gasteiger partial charge on any atom is 0.226 e. The van der Waals surface area contributed by atoms with Gasteiger partial charge in [0.2, 0.25) is 5.95 Å². The van der Waals surface area contributed by atoms with E-state index in [2.05, 4.69) is 20.0 Å². The predicted molar refractivity (Wildman–Crippen MR) is 73.7 cm³/mol. The molecule has 1 aliphatic heterocycles. The van der Waals surface area contributed by atoms with Gasteiger partial charge in [0, 0.05) is 38.6 Å². The Morgan fingerprint density at radius 3 is 3.00 bits per heavy atom. The maximum atomic E-state index is 5.81. The number of rotatable bonds is 3. The SMILES string of the molecule is Cn1nccc1-c1ccnc(N2CCCC2CN)n1. The topological polar surface area (TPSA) is 72.9 Å². The summed E-state index contributed by atoms with van der Waals surface area (Å²) in [6.07, 6.45) is 5.85. The molecule has 0 spiro atoms. The molecule has 0 aromatic carbocycles. The molecule has 1 fully saturated rings. The number of nitrogens with zero attached hydrogens (tertiary/aromatic N) is 5. The molecule has 3 heterocycles. The van der Waals surface area contributed by atoms with E-state index in [4.69, 9.17) is 5.73 Å². The van der Waals surface area contributed by atoms with Crippen LogP contribution in [0, 0.1) is 0 Å². The van der Waals surface area contributed by atoms with Crippen LogP contribution in [0.5, 0.6) is 0 Å². The quantitative estimate of drug-likeness (QED) is 0.881. The third kappa shape index (κ3) is 2.19. The zero-order valence-corrected chi connectivity index (χ0v) is 11.0. The predicted octanol–water partition coefficient (Wildman–Crippen LogP) is 0.805. The van der Waals surface area contributed by atoms with E-state index in [1.54, 1.807) is 12.4 Å². The van der Waals surface area contributed by atoms with Crippen molar-refractivity contribution in [1.82, 2.24) is 19.7 Å². The lowest BCUT2D eigenvalue weighted by Crippen LogP contribution is -2.36. The summed E-state index contributed by atoms with van der Waals surface area (Å²) in [5.41, 5.74) is 7.70. The van der Waals surface area contributed by atoms with Crippen LogP contribution < -0.4 is 10.6 Å². The fraction of sp³-hybridized carbons (Fsp3) is 0.462.